The van der Waals surface area contributed by atoms with Gasteiger partial charge in [-0.2, -0.15) is 4.39 Å². The predicted molar refractivity (Wildman–Crippen MR) is 94.9 cm³/mol. The summed E-state index contributed by atoms with van der Waals surface area (Å²) in [5.41, 5.74) is 0.412. The van der Waals surface area contributed by atoms with Gasteiger partial charge in [0.15, 0.2) is 11.6 Å². The second-order valence-corrected chi connectivity index (χ2v) is 7.27. The van der Waals surface area contributed by atoms with Crippen molar-refractivity contribution in [3.8, 4) is 5.75 Å². The Labute approximate surface area is 149 Å². The molecule has 1 aromatic carbocycles. The Bertz CT molecular complexity index is 586. The van der Waals surface area contributed by atoms with Crippen LogP contribution in [-0.4, -0.2) is 19.3 Å². The van der Waals surface area contributed by atoms with E-state index in [4.69, 9.17) is 9.47 Å². The summed E-state index contributed by atoms with van der Waals surface area (Å²) in [5, 5.41) is 0. The molecule has 2 fully saturated rings. The van der Waals surface area contributed by atoms with Crippen LogP contribution in [-0.2, 0) is 4.74 Å². The molecule has 1 heterocycles. The third-order valence-electron chi connectivity index (χ3n) is 5.80. The molecule has 0 amide bonds. The second kappa shape index (κ2) is 8.31. The van der Waals surface area contributed by atoms with Gasteiger partial charge in [-0.25, -0.2) is 4.39 Å². The predicted octanol–water partition coefficient (Wildman–Crippen LogP) is 5.62. The van der Waals surface area contributed by atoms with E-state index in [0.717, 1.165) is 12.8 Å². The quantitative estimate of drug-likeness (QED) is 0.642. The lowest BCUT2D eigenvalue weighted by atomic mass is 9.77. The van der Waals surface area contributed by atoms with E-state index in [2.05, 4.69) is 12.7 Å². The van der Waals surface area contributed by atoms with Crippen LogP contribution < -0.4 is 4.74 Å². The zero-order valence-electron chi connectivity index (χ0n) is 15.0. The summed E-state index contributed by atoms with van der Waals surface area (Å²) in [5.74, 6) is -0.524. The summed E-state index contributed by atoms with van der Waals surface area (Å²) in [6.07, 6.45) is 8.83. The Balaban J connectivity index is 1.59. The highest BCUT2D eigenvalue weighted by molar-refractivity contribution is 5.33. The van der Waals surface area contributed by atoms with Crippen LogP contribution in [0.4, 0.5) is 8.78 Å². The lowest BCUT2D eigenvalue weighted by molar-refractivity contribution is -0.0424. The second-order valence-electron chi connectivity index (χ2n) is 7.27. The Hall–Kier alpha value is -1.42. The molecule has 1 saturated carbocycles. The molecule has 1 saturated heterocycles. The summed E-state index contributed by atoms with van der Waals surface area (Å²) in [6, 6.07) is 3.17. The molecule has 0 spiro atoms. The van der Waals surface area contributed by atoms with Crippen LogP contribution in [0.3, 0.4) is 0 Å². The number of hydrogen-bond acceptors (Lipinski definition) is 2. The van der Waals surface area contributed by atoms with Gasteiger partial charge in [0.05, 0.1) is 19.3 Å². The first-order valence-electron chi connectivity index (χ1n) is 9.48. The molecule has 3 rings (SSSR count). The highest BCUT2D eigenvalue weighted by Crippen LogP contribution is 2.39. The van der Waals surface area contributed by atoms with Crippen molar-refractivity contribution >= 4 is 0 Å². The average Bonchev–Trinajstić information content (AvgIpc) is 2.66. The van der Waals surface area contributed by atoms with E-state index in [0.29, 0.717) is 30.6 Å². The van der Waals surface area contributed by atoms with Gasteiger partial charge in [-0.3, -0.25) is 0 Å². The normalized spacial score (nSPS) is 30.0. The molecule has 0 N–H and O–H groups in total. The van der Waals surface area contributed by atoms with Gasteiger partial charge in [0.2, 0.25) is 5.82 Å². The zero-order chi connectivity index (χ0) is 17.8. The third-order valence-corrected chi connectivity index (χ3v) is 5.80. The first-order chi connectivity index (χ1) is 12.1. The van der Waals surface area contributed by atoms with Crippen LogP contribution in [0, 0.1) is 23.5 Å². The van der Waals surface area contributed by atoms with Crippen molar-refractivity contribution < 1.29 is 18.3 Å². The van der Waals surface area contributed by atoms with Crippen molar-refractivity contribution in [2.45, 2.75) is 57.5 Å². The fraction of sp³-hybridized carbons (Fsp3) is 0.619. The van der Waals surface area contributed by atoms with E-state index in [1.807, 2.05) is 0 Å². The largest absolute Gasteiger partial charge is 0.491 e. The molecule has 2 nitrogen and oxygen atoms in total. The minimum Gasteiger partial charge on any atom is -0.491 e. The van der Waals surface area contributed by atoms with Gasteiger partial charge < -0.3 is 9.47 Å². The van der Waals surface area contributed by atoms with E-state index < -0.39 is 11.6 Å². The first-order valence-corrected chi connectivity index (χ1v) is 9.48. The number of hydrogen-bond donors (Lipinski definition) is 0. The van der Waals surface area contributed by atoms with Gasteiger partial charge in [-0.15, -0.1) is 6.58 Å². The Kier molecular flexibility index (Phi) is 6.10. The summed E-state index contributed by atoms with van der Waals surface area (Å²) in [7, 11) is 0. The maximum Gasteiger partial charge on any atom is 0.200 e. The van der Waals surface area contributed by atoms with Gasteiger partial charge >= 0.3 is 0 Å². The smallest absolute Gasteiger partial charge is 0.200 e. The van der Waals surface area contributed by atoms with Crippen molar-refractivity contribution in [2.75, 3.05) is 13.2 Å². The van der Waals surface area contributed by atoms with Crippen LogP contribution >= 0.6 is 0 Å². The van der Waals surface area contributed by atoms with Crippen molar-refractivity contribution in [2.24, 2.45) is 11.8 Å². The summed E-state index contributed by atoms with van der Waals surface area (Å²) in [6.45, 7) is 6.43. The molecule has 0 radical (unpaired) electrons. The molecule has 2 aliphatic rings. The Morgan fingerprint density at radius 1 is 1.12 bits per heavy atom. The van der Waals surface area contributed by atoms with E-state index in [1.54, 1.807) is 13.0 Å². The van der Waals surface area contributed by atoms with Crippen LogP contribution in [0.2, 0.25) is 0 Å². The minimum atomic E-state index is -0.885. The monoisotopic (exact) mass is 350 g/mol. The van der Waals surface area contributed by atoms with Gasteiger partial charge in [0, 0.05) is 5.92 Å². The summed E-state index contributed by atoms with van der Waals surface area (Å²) < 4.78 is 39.7. The van der Waals surface area contributed by atoms with Crippen LogP contribution in [0.5, 0.6) is 5.75 Å². The molecule has 138 valence electrons. The van der Waals surface area contributed by atoms with E-state index in [9.17, 15) is 8.78 Å². The Morgan fingerprint density at radius 3 is 2.48 bits per heavy atom. The van der Waals surface area contributed by atoms with Crippen LogP contribution in [0.25, 0.3) is 0 Å². The van der Waals surface area contributed by atoms with E-state index in [-0.39, 0.29) is 17.8 Å². The van der Waals surface area contributed by atoms with Crippen molar-refractivity contribution in [3.05, 3.63) is 42.0 Å². The number of ether oxygens (including phenoxy) is 2. The first kappa shape index (κ1) is 18.4. The molecule has 2 atom stereocenters. The maximum atomic E-state index is 14.4. The molecule has 1 aromatic rings. The molecule has 1 aliphatic carbocycles. The minimum absolute atomic E-state index is 0.0164. The average molecular weight is 350 g/mol. The lowest BCUT2D eigenvalue weighted by Gasteiger charge is -2.37. The number of allylic oxidation sites excluding steroid dienone is 1. The zero-order valence-corrected chi connectivity index (χ0v) is 15.0. The van der Waals surface area contributed by atoms with Gasteiger partial charge in [0.1, 0.15) is 0 Å². The molecule has 2 unspecified atom stereocenters. The Morgan fingerprint density at radius 2 is 1.88 bits per heavy atom. The fourth-order valence-corrected chi connectivity index (χ4v) is 4.27. The summed E-state index contributed by atoms with van der Waals surface area (Å²) in [4.78, 5) is 0. The van der Waals surface area contributed by atoms with Crippen molar-refractivity contribution in [1.82, 2.24) is 0 Å². The van der Waals surface area contributed by atoms with Gasteiger partial charge in [-0.1, -0.05) is 12.1 Å². The van der Waals surface area contributed by atoms with Crippen molar-refractivity contribution in [3.63, 3.8) is 0 Å². The molecule has 25 heavy (non-hydrogen) atoms. The molecule has 1 aliphatic heterocycles. The number of halogens is 2. The third kappa shape index (κ3) is 4.05. The molecular weight excluding hydrogens is 322 g/mol. The number of rotatable bonds is 5. The topological polar surface area (TPSA) is 18.5 Å². The summed E-state index contributed by atoms with van der Waals surface area (Å²) >= 11 is 0. The molecule has 4 heteroatoms. The SMILES string of the molecule is C=CC1CCC(C2CCC(c3ccc(OCC)c(F)c3F)CO2)CC1. The highest BCUT2D eigenvalue weighted by Gasteiger charge is 2.33. The highest BCUT2D eigenvalue weighted by atomic mass is 19.2. The van der Waals surface area contributed by atoms with Crippen LogP contribution in [0.1, 0.15) is 56.9 Å². The fourth-order valence-electron chi connectivity index (χ4n) is 4.27. The lowest BCUT2D eigenvalue weighted by Crippen LogP contribution is -2.33. The molecule has 0 bridgehead atoms. The van der Waals surface area contributed by atoms with E-state index in [1.165, 1.54) is 31.7 Å². The standard InChI is InChI=1S/C21H28F2O2/c1-3-14-5-7-15(8-6-14)18-11-9-16(13-25-18)17-10-12-19(24-4-2)21(23)20(17)22/h3,10,12,14-16,18H,1,4-9,11,13H2,2H3. The molecular formula is C21H28F2O2. The van der Waals surface area contributed by atoms with Crippen LogP contribution in [0.15, 0.2) is 24.8 Å². The van der Waals surface area contributed by atoms with Crippen molar-refractivity contribution in [1.29, 1.82) is 0 Å². The number of benzene rings is 1. The van der Waals surface area contributed by atoms with Gasteiger partial charge in [-0.05, 0) is 68.9 Å². The molecule has 0 aromatic heterocycles. The van der Waals surface area contributed by atoms with E-state index >= 15 is 0 Å². The van der Waals surface area contributed by atoms with Gasteiger partial charge in [0.25, 0.3) is 0 Å². The maximum absolute atomic E-state index is 14.4.